The molecule has 0 fully saturated rings. The van der Waals surface area contributed by atoms with Crippen LogP contribution in [0.4, 0.5) is 0 Å². The van der Waals surface area contributed by atoms with Crippen molar-refractivity contribution in [2.75, 3.05) is 0 Å². The van der Waals surface area contributed by atoms with Crippen LogP contribution < -0.4 is 4.74 Å². The van der Waals surface area contributed by atoms with Crippen molar-refractivity contribution in [1.82, 2.24) is 0 Å². The van der Waals surface area contributed by atoms with E-state index in [4.69, 9.17) is 9.84 Å². The summed E-state index contributed by atoms with van der Waals surface area (Å²) in [5.41, 5.74) is 1.98. The highest BCUT2D eigenvalue weighted by Crippen LogP contribution is 2.33. The van der Waals surface area contributed by atoms with Gasteiger partial charge in [-0.05, 0) is 42.5 Å². The van der Waals surface area contributed by atoms with Gasteiger partial charge in [-0.15, -0.1) is 0 Å². The van der Waals surface area contributed by atoms with Crippen molar-refractivity contribution in [2.45, 2.75) is 38.4 Å². The monoisotopic (exact) mass is 236 g/mol. The molecule has 0 bridgehead atoms. The third-order valence-corrected chi connectivity index (χ3v) is 3.09. The molecule has 0 aromatic heterocycles. The highest BCUT2D eigenvalue weighted by atomic mass is 16.5. The molecule has 2 N–H and O–H groups in total. The minimum Gasteiger partial charge on any atom is -0.479 e. The van der Waals surface area contributed by atoms with E-state index in [0.717, 1.165) is 24.0 Å². The van der Waals surface area contributed by atoms with Crippen LogP contribution in [0.2, 0.25) is 0 Å². The van der Waals surface area contributed by atoms with Crippen LogP contribution in [-0.2, 0) is 11.2 Å². The van der Waals surface area contributed by atoms with E-state index in [9.17, 15) is 9.90 Å². The Morgan fingerprint density at radius 3 is 3.00 bits per heavy atom. The number of aliphatic hydroxyl groups is 1. The second-order valence-corrected chi connectivity index (χ2v) is 4.27. The molecule has 0 aliphatic heterocycles. The van der Waals surface area contributed by atoms with Gasteiger partial charge in [0.05, 0.1) is 6.10 Å². The summed E-state index contributed by atoms with van der Waals surface area (Å²) in [6.07, 6.45) is 0.779. The summed E-state index contributed by atoms with van der Waals surface area (Å²) >= 11 is 0. The van der Waals surface area contributed by atoms with Gasteiger partial charge in [-0.1, -0.05) is 13.0 Å². The van der Waals surface area contributed by atoms with E-state index in [0.29, 0.717) is 12.2 Å². The van der Waals surface area contributed by atoms with E-state index in [1.165, 1.54) is 0 Å². The fraction of sp³-hybridized carbons (Fsp3) is 0.462. The molecule has 4 heteroatoms. The Hall–Kier alpha value is -1.55. The number of carboxylic acids is 1. The van der Waals surface area contributed by atoms with Crippen LogP contribution in [0.15, 0.2) is 18.2 Å². The van der Waals surface area contributed by atoms with E-state index in [1.807, 2.05) is 12.1 Å². The van der Waals surface area contributed by atoms with Crippen molar-refractivity contribution in [2.24, 2.45) is 0 Å². The maximum atomic E-state index is 10.9. The minimum absolute atomic E-state index is 0.388. The number of carboxylic acid groups (broad SMARTS) is 1. The van der Waals surface area contributed by atoms with Gasteiger partial charge in [0.15, 0.2) is 6.10 Å². The molecule has 2 rings (SSSR count). The molecule has 0 radical (unpaired) electrons. The van der Waals surface area contributed by atoms with Gasteiger partial charge in [0.1, 0.15) is 5.75 Å². The highest BCUT2D eigenvalue weighted by molar-refractivity contribution is 5.72. The van der Waals surface area contributed by atoms with Crippen molar-refractivity contribution >= 4 is 5.97 Å². The van der Waals surface area contributed by atoms with Crippen LogP contribution in [0.5, 0.6) is 5.75 Å². The van der Waals surface area contributed by atoms with Crippen LogP contribution >= 0.6 is 0 Å². The molecule has 1 unspecified atom stereocenters. The average molecular weight is 236 g/mol. The Morgan fingerprint density at radius 1 is 1.59 bits per heavy atom. The summed E-state index contributed by atoms with van der Waals surface area (Å²) in [5.74, 6) is -0.389. The third-order valence-electron chi connectivity index (χ3n) is 3.09. The van der Waals surface area contributed by atoms with Crippen molar-refractivity contribution in [1.29, 1.82) is 0 Å². The molecule has 0 heterocycles. The molecule has 1 aliphatic rings. The van der Waals surface area contributed by atoms with Crippen LogP contribution in [0, 0.1) is 0 Å². The fourth-order valence-corrected chi connectivity index (χ4v) is 2.12. The summed E-state index contributed by atoms with van der Waals surface area (Å²) in [7, 11) is 0. The minimum atomic E-state index is -0.951. The predicted octanol–water partition coefficient (Wildman–Crippen LogP) is 1.91. The van der Waals surface area contributed by atoms with Crippen molar-refractivity contribution in [3.8, 4) is 5.75 Å². The number of rotatable bonds is 4. The molecule has 1 aromatic carbocycles. The number of aliphatic hydroxyl groups excluding tert-OH is 1. The predicted molar refractivity (Wildman–Crippen MR) is 62.1 cm³/mol. The van der Waals surface area contributed by atoms with Crippen molar-refractivity contribution in [3.05, 3.63) is 29.3 Å². The standard InChI is InChI=1S/C13H16O4/c1-2-12(13(15)16)17-9-4-5-10-8(7-9)3-6-11(10)14/h4-5,7,11-12,14H,2-3,6H2,1H3,(H,15,16)/t11-,12?/m1/s1. The lowest BCUT2D eigenvalue weighted by Crippen LogP contribution is -2.25. The number of benzene rings is 1. The molecule has 0 saturated heterocycles. The first-order valence-electron chi connectivity index (χ1n) is 5.82. The van der Waals surface area contributed by atoms with E-state index in [1.54, 1.807) is 13.0 Å². The van der Waals surface area contributed by atoms with Gasteiger partial charge in [-0.2, -0.15) is 0 Å². The lowest BCUT2D eigenvalue weighted by Gasteiger charge is -2.14. The Bertz CT molecular complexity index is 427. The molecule has 92 valence electrons. The molecule has 4 nitrogen and oxygen atoms in total. The fourth-order valence-electron chi connectivity index (χ4n) is 2.12. The number of fused-ring (bicyclic) bond motifs is 1. The highest BCUT2D eigenvalue weighted by Gasteiger charge is 2.22. The topological polar surface area (TPSA) is 66.8 Å². The molecule has 1 aliphatic carbocycles. The largest absolute Gasteiger partial charge is 0.479 e. The average Bonchev–Trinajstić information content (AvgIpc) is 2.67. The quantitative estimate of drug-likeness (QED) is 0.838. The number of carbonyl (C=O) groups is 1. The second-order valence-electron chi connectivity index (χ2n) is 4.27. The van der Waals surface area contributed by atoms with Crippen molar-refractivity contribution in [3.63, 3.8) is 0 Å². The second kappa shape index (κ2) is 4.75. The summed E-state index contributed by atoms with van der Waals surface area (Å²) < 4.78 is 5.40. The van der Waals surface area contributed by atoms with Gasteiger partial charge in [-0.3, -0.25) is 0 Å². The number of ether oxygens (including phenoxy) is 1. The molecule has 17 heavy (non-hydrogen) atoms. The number of aliphatic carboxylic acids is 1. The number of aryl methyl sites for hydroxylation is 1. The number of hydrogen-bond acceptors (Lipinski definition) is 3. The summed E-state index contributed by atoms with van der Waals surface area (Å²) in [6.45, 7) is 1.77. The maximum absolute atomic E-state index is 10.9. The first-order valence-corrected chi connectivity index (χ1v) is 5.82. The first kappa shape index (κ1) is 11.9. The molecule has 1 aromatic rings. The zero-order chi connectivity index (χ0) is 12.4. The molecule has 2 atom stereocenters. The van der Waals surface area contributed by atoms with E-state index in [2.05, 4.69) is 0 Å². The van der Waals surface area contributed by atoms with Crippen LogP contribution in [0.1, 0.15) is 37.0 Å². The van der Waals surface area contributed by atoms with Crippen LogP contribution in [-0.4, -0.2) is 22.3 Å². The maximum Gasteiger partial charge on any atom is 0.344 e. The summed E-state index contributed by atoms with van der Waals surface area (Å²) in [5, 5.41) is 18.6. The molecular formula is C13H16O4. The van der Waals surface area contributed by atoms with E-state index < -0.39 is 12.1 Å². The van der Waals surface area contributed by atoms with Crippen LogP contribution in [0.25, 0.3) is 0 Å². The molecule has 0 amide bonds. The molecular weight excluding hydrogens is 220 g/mol. The van der Waals surface area contributed by atoms with Gasteiger partial charge in [0.2, 0.25) is 0 Å². The van der Waals surface area contributed by atoms with Gasteiger partial charge in [0, 0.05) is 0 Å². The lowest BCUT2D eigenvalue weighted by molar-refractivity contribution is -0.145. The van der Waals surface area contributed by atoms with Gasteiger partial charge >= 0.3 is 5.97 Å². The Labute approximate surface area is 99.8 Å². The normalized spacial score (nSPS) is 19.8. The van der Waals surface area contributed by atoms with Gasteiger partial charge < -0.3 is 14.9 Å². The van der Waals surface area contributed by atoms with Gasteiger partial charge in [0.25, 0.3) is 0 Å². The Kier molecular flexibility index (Phi) is 3.33. The molecule has 0 saturated carbocycles. The third kappa shape index (κ3) is 2.42. The van der Waals surface area contributed by atoms with E-state index >= 15 is 0 Å². The Balaban J connectivity index is 2.16. The smallest absolute Gasteiger partial charge is 0.344 e. The van der Waals surface area contributed by atoms with Gasteiger partial charge in [-0.25, -0.2) is 4.79 Å². The van der Waals surface area contributed by atoms with E-state index in [-0.39, 0.29) is 6.10 Å². The summed E-state index contributed by atoms with van der Waals surface area (Å²) in [6, 6.07) is 5.37. The summed E-state index contributed by atoms with van der Waals surface area (Å²) in [4.78, 5) is 10.9. The SMILES string of the molecule is CCC(Oc1ccc2c(c1)CC[C@H]2O)C(=O)O. The van der Waals surface area contributed by atoms with Crippen LogP contribution in [0.3, 0.4) is 0 Å². The Morgan fingerprint density at radius 2 is 2.35 bits per heavy atom. The number of hydrogen-bond donors (Lipinski definition) is 2. The zero-order valence-corrected chi connectivity index (χ0v) is 9.72. The zero-order valence-electron chi connectivity index (χ0n) is 9.72. The first-order chi connectivity index (χ1) is 8.11. The molecule has 0 spiro atoms. The van der Waals surface area contributed by atoms with Crippen molar-refractivity contribution < 1.29 is 19.7 Å². The lowest BCUT2D eigenvalue weighted by atomic mass is 10.1.